The summed E-state index contributed by atoms with van der Waals surface area (Å²) in [7, 11) is 0. The van der Waals surface area contributed by atoms with Crippen LogP contribution in [0.25, 0.3) is 0 Å². The van der Waals surface area contributed by atoms with Gasteiger partial charge in [0.15, 0.2) is 6.29 Å². The van der Waals surface area contributed by atoms with E-state index in [1.807, 2.05) is 27.7 Å². The number of carbonyl (C=O) groups is 2. The number of hydrogen-bond donors (Lipinski definition) is 1. The monoisotopic (exact) mass is 315 g/mol. The van der Waals surface area contributed by atoms with Crippen LogP contribution in [0.4, 0.5) is 0 Å². The van der Waals surface area contributed by atoms with E-state index in [1.54, 1.807) is 0 Å². The van der Waals surface area contributed by atoms with Gasteiger partial charge in [-0.15, -0.1) is 0 Å². The van der Waals surface area contributed by atoms with E-state index in [9.17, 15) is 14.7 Å². The highest BCUT2D eigenvalue weighted by Gasteiger charge is 2.37. The summed E-state index contributed by atoms with van der Waals surface area (Å²) in [4.78, 5) is 28.8. The molecule has 0 radical (unpaired) electrons. The molecular formula is C16H29NO5. The topological polar surface area (TPSA) is 76.1 Å². The third kappa shape index (κ3) is 5.57. The van der Waals surface area contributed by atoms with E-state index >= 15 is 0 Å². The Morgan fingerprint density at radius 3 is 2.45 bits per heavy atom. The molecular weight excluding hydrogens is 286 g/mol. The molecule has 6 heteroatoms. The van der Waals surface area contributed by atoms with Crippen molar-refractivity contribution in [3.8, 4) is 0 Å². The summed E-state index contributed by atoms with van der Waals surface area (Å²) < 4.78 is 5.49. The van der Waals surface area contributed by atoms with Crippen molar-refractivity contribution in [1.29, 1.82) is 0 Å². The maximum atomic E-state index is 11.7. The Kier molecular flexibility index (Phi) is 7.82. The minimum absolute atomic E-state index is 0.0337. The number of nitrogens with zero attached hydrogens (tertiary/aromatic N) is 1. The molecule has 1 rings (SSSR count). The normalized spacial score (nSPS) is 21.6. The first-order valence-electron chi connectivity index (χ1n) is 8.11. The number of carbonyl (C=O) groups excluding carboxylic acids is 1. The molecule has 0 aromatic rings. The zero-order valence-electron chi connectivity index (χ0n) is 14.0. The Hall–Kier alpha value is -1.14. The molecule has 1 amide bonds. The molecule has 0 bridgehead atoms. The standard InChI is InChI=1S/C16H29NO5/c1-11(2)9-13(16(19)20)15(12(3)4)17(10-18)22-14-7-5-6-8-21-14/h10-15H,5-9H2,1-4H3,(H,19,20)/t13-,14?,15+/m1/s1. The van der Waals surface area contributed by atoms with Crippen LogP contribution in [0.3, 0.4) is 0 Å². The second kappa shape index (κ2) is 9.10. The quantitative estimate of drug-likeness (QED) is 0.523. The molecule has 3 atom stereocenters. The van der Waals surface area contributed by atoms with Gasteiger partial charge < -0.3 is 9.84 Å². The van der Waals surface area contributed by atoms with Gasteiger partial charge in [-0.2, -0.15) is 0 Å². The van der Waals surface area contributed by atoms with Crippen LogP contribution in [0.1, 0.15) is 53.4 Å². The van der Waals surface area contributed by atoms with Crippen LogP contribution in [-0.2, 0) is 19.2 Å². The van der Waals surface area contributed by atoms with Crippen LogP contribution in [-0.4, -0.2) is 41.5 Å². The van der Waals surface area contributed by atoms with Crippen molar-refractivity contribution < 1.29 is 24.3 Å². The Bertz CT molecular complexity index is 352. The number of amides is 1. The van der Waals surface area contributed by atoms with Gasteiger partial charge in [-0.3, -0.25) is 9.59 Å². The Balaban J connectivity index is 2.87. The van der Waals surface area contributed by atoms with Crippen molar-refractivity contribution >= 4 is 12.4 Å². The highest BCUT2D eigenvalue weighted by atomic mass is 16.8. The molecule has 0 aromatic carbocycles. The van der Waals surface area contributed by atoms with Gasteiger partial charge in [-0.1, -0.05) is 27.7 Å². The number of hydrogen-bond acceptors (Lipinski definition) is 4. The van der Waals surface area contributed by atoms with Crippen molar-refractivity contribution in [3.63, 3.8) is 0 Å². The number of ether oxygens (including phenoxy) is 1. The molecule has 1 saturated heterocycles. The van der Waals surface area contributed by atoms with Crippen molar-refractivity contribution in [2.45, 2.75) is 65.7 Å². The average molecular weight is 315 g/mol. The van der Waals surface area contributed by atoms with Crippen LogP contribution >= 0.6 is 0 Å². The Labute approximate surface area is 132 Å². The SMILES string of the molecule is CC(C)C[C@@H](C(=O)O)[C@H](C(C)C)N(C=O)OC1CCCCO1. The molecule has 0 aliphatic carbocycles. The lowest BCUT2D eigenvalue weighted by atomic mass is 9.84. The third-order valence-corrected chi connectivity index (χ3v) is 3.91. The molecule has 1 heterocycles. The van der Waals surface area contributed by atoms with E-state index < -0.39 is 24.2 Å². The fraction of sp³-hybridized carbons (Fsp3) is 0.875. The molecule has 1 unspecified atom stereocenters. The molecule has 128 valence electrons. The van der Waals surface area contributed by atoms with Gasteiger partial charge in [0.1, 0.15) is 0 Å². The highest BCUT2D eigenvalue weighted by molar-refractivity contribution is 5.71. The van der Waals surface area contributed by atoms with E-state index in [1.165, 1.54) is 5.06 Å². The second-order valence-electron chi connectivity index (χ2n) is 6.68. The van der Waals surface area contributed by atoms with E-state index in [-0.39, 0.29) is 11.8 Å². The van der Waals surface area contributed by atoms with Gasteiger partial charge in [0, 0.05) is 13.0 Å². The molecule has 1 aliphatic heterocycles. The lowest BCUT2D eigenvalue weighted by Gasteiger charge is -2.37. The largest absolute Gasteiger partial charge is 0.481 e. The van der Waals surface area contributed by atoms with Crippen LogP contribution in [0, 0.1) is 17.8 Å². The van der Waals surface area contributed by atoms with Gasteiger partial charge in [0.25, 0.3) is 0 Å². The smallest absolute Gasteiger partial charge is 0.308 e. The van der Waals surface area contributed by atoms with Crippen molar-refractivity contribution in [2.24, 2.45) is 17.8 Å². The van der Waals surface area contributed by atoms with Crippen molar-refractivity contribution in [3.05, 3.63) is 0 Å². The lowest BCUT2D eigenvalue weighted by molar-refractivity contribution is -0.293. The molecule has 0 spiro atoms. The van der Waals surface area contributed by atoms with E-state index in [2.05, 4.69) is 0 Å². The zero-order chi connectivity index (χ0) is 16.7. The van der Waals surface area contributed by atoms with Gasteiger partial charge in [-0.05, 0) is 31.1 Å². The van der Waals surface area contributed by atoms with Crippen LogP contribution in [0.5, 0.6) is 0 Å². The summed E-state index contributed by atoms with van der Waals surface area (Å²) in [6.07, 6.45) is 3.30. The summed E-state index contributed by atoms with van der Waals surface area (Å²) in [5, 5.41) is 10.7. The van der Waals surface area contributed by atoms with Crippen LogP contribution < -0.4 is 0 Å². The van der Waals surface area contributed by atoms with Crippen LogP contribution in [0.2, 0.25) is 0 Å². The maximum absolute atomic E-state index is 11.7. The minimum atomic E-state index is -0.896. The summed E-state index contributed by atoms with van der Waals surface area (Å²) >= 11 is 0. The van der Waals surface area contributed by atoms with Gasteiger partial charge >= 0.3 is 5.97 Å². The number of aliphatic carboxylic acids is 1. The number of hydroxylamine groups is 2. The van der Waals surface area contributed by atoms with Gasteiger partial charge in [0.05, 0.1) is 12.0 Å². The van der Waals surface area contributed by atoms with Crippen molar-refractivity contribution in [1.82, 2.24) is 5.06 Å². The Morgan fingerprint density at radius 1 is 1.36 bits per heavy atom. The molecule has 0 aromatic heterocycles. The van der Waals surface area contributed by atoms with E-state index in [0.29, 0.717) is 19.4 Å². The van der Waals surface area contributed by atoms with Crippen LogP contribution in [0.15, 0.2) is 0 Å². The van der Waals surface area contributed by atoms with Gasteiger partial charge in [-0.25, -0.2) is 9.90 Å². The average Bonchev–Trinajstić information content (AvgIpc) is 2.45. The first kappa shape index (κ1) is 18.9. The predicted octanol–water partition coefficient (Wildman–Crippen LogP) is 2.67. The van der Waals surface area contributed by atoms with E-state index in [4.69, 9.17) is 9.57 Å². The lowest BCUT2D eigenvalue weighted by Crippen LogP contribution is -2.48. The maximum Gasteiger partial charge on any atom is 0.308 e. The number of carboxylic acids is 1. The first-order chi connectivity index (χ1) is 10.4. The molecule has 1 fully saturated rings. The predicted molar refractivity (Wildman–Crippen MR) is 81.8 cm³/mol. The number of carboxylic acid groups (broad SMARTS) is 1. The number of rotatable bonds is 9. The second-order valence-corrected chi connectivity index (χ2v) is 6.68. The Morgan fingerprint density at radius 2 is 2.05 bits per heavy atom. The minimum Gasteiger partial charge on any atom is -0.481 e. The summed E-state index contributed by atoms with van der Waals surface area (Å²) in [5.74, 6) is -1.36. The molecule has 0 saturated carbocycles. The first-order valence-corrected chi connectivity index (χ1v) is 8.11. The molecule has 1 N–H and O–H groups in total. The summed E-state index contributed by atoms with van der Waals surface area (Å²) in [5.41, 5.74) is 0. The molecule has 6 nitrogen and oxygen atoms in total. The highest BCUT2D eigenvalue weighted by Crippen LogP contribution is 2.27. The molecule has 22 heavy (non-hydrogen) atoms. The fourth-order valence-electron chi connectivity index (χ4n) is 2.93. The summed E-state index contributed by atoms with van der Waals surface area (Å²) in [6.45, 7) is 8.37. The fourth-order valence-corrected chi connectivity index (χ4v) is 2.93. The molecule has 1 aliphatic rings. The zero-order valence-corrected chi connectivity index (χ0v) is 14.0. The third-order valence-electron chi connectivity index (χ3n) is 3.91. The van der Waals surface area contributed by atoms with Gasteiger partial charge in [0.2, 0.25) is 6.41 Å². The van der Waals surface area contributed by atoms with E-state index in [0.717, 1.165) is 19.3 Å². The van der Waals surface area contributed by atoms with Crippen molar-refractivity contribution in [2.75, 3.05) is 6.61 Å². The summed E-state index contributed by atoms with van der Waals surface area (Å²) in [6, 6.07) is -0.511.